The van der Waals surface area contributed by atoms with Crippen molar-refractivity contribution >= 4 is 22.6 Å². The molecular formula is C29H32N4O5. The molecule has 0 N–H and O–H groups in total. The van der Waals surface area contributed by atoms with Crippen LogP contribution in [0.15, 0.2) is 54.6 Å². The van der Waals surface area contributed by atoms with Gasteiger partial charge in [0, 0.05) is 43.9 Å². The number of fused-ring (bicyclic) bond motifs is 1. The molecule has 2 heterocycles. The number of para-hydroxylation sites is 2. The molecule has 0 atom stereocenters. The van der Waals surface area contributed by atoms with Gasteiger partial charge in [-0.3, -0.25) is 9.36 Å². The van der Waals surface area contributed by atoms with Gasteiger partial charge in [-0.05, 0) is 37.3 Å². The van der Waals surface area contributed by atoms with Gasteiger partial charge in [-0.1, -0.05) is 12.1 Å². The van der Waals surface area contributed by atoms with Crippen LogP contribution in [0.1, 0.15) is 16.2 Å². The Morgan fingerprint density at radius 2 is 1.45 bits per heavy atom. The van der Waals surface area contributed by atoms with E-state index in [2.05, 4.69) is 11.0 Å². The SMILES string of the molecule is COc1ccccc1N1CCN(C(=O)c2ccc3c(c2)nc(C)n3-c2cc(OC)c(OC)c(OC)c2)CC1. The Morgan fingerprint density at radius 3 is 2.08 bits per heavy atom. The highest BCUT2D eigenvalue weighted by molar-refractivity contribution is 5.98. The normalized spacial score (nSPS) is 13.5. The van der Waals surface area contributed by atoms with E-state index in [1.54, 1.807) is 28.4 Å². The van der Waals surface area contributed by atoms with Gasteiger partial charge >= 0.3 is 0 Å². The minimum Gasteiger partial charge on any atom is -0.495 e. The van der Waals surface area contributed by atoms with Crippen LogP contribution in [-0.2, 0) is 0 Å². The lowest BCUT2D eigenvalue weighted by Gasteiger charge is -2.36. The number of aromatic nitrogens is 2. The molecule has 9 nitrogen and oxygen atoms in total. The second kappa shape index (κ2) is 10.5. The maximum Gasteiger partial charge on any atom is 0.254 e. The Morgan fingerprint density at radius 1 is 0.789 bits per heavy atom. The van der Waals surface area contributed by atoms with Gasteiger partial charge in [0.15, 0.2) is 11.5 Å². The molecule has 0 bridgehead atoms. The first-order chi connectivity index (χ1) is 18.5. The van der Waals surface area contributed by atoms with Crippen LogP contribution >= 0.6 is 0 Å². The summed E-state index contributed by atoms with van der Waals surface area (Å²) in [5.74, 6) is 3.27. The maximum absolute atomic E-state index is 13.4. The van der Waals surface area contributed by atoms with Gasteiger partial charge in [0.1, 0.15) is 11.6 Å². The molecule has 198 valence electrons. The standard InChI is InChI=1S/C29H32N4O5/c1-19-30-22-16-20(29(34)32-14-12-31(13-15-32)24-8-6-7-9-25(24)35-2)10-11-23(22)33(19)21-17-26(36-3)28(38-5)27(18-21)37-4/h6-11,16-18H,12-15H2,1-5H3. The molecule has 0 unspecified atom stereocenters. The molecule has 1 saturated heterocycles. The minimum atomic E-state index is 0.00608. The van der Waals surface area contributed by atoms with E-state index in [1.807, 2.05) is 64.9 Å². The number of nitrogens with zero attached hydrogens (tertiary/aromatic N) is 4. The maximum atomic E-state index is 13.4. The molecule has 1 aromatic heterocycles. The van der Waals surface area contributed by atoms with Gasteiger partial charge in [-0.15, -0.1) is 0 Å². The van der Waals surface area contributed by atoms with Crippen molar-refractivity contribution in [2.24, 2.45) is 0 Å². The quantitative estimate of drug-likeness (QED) is 0.362. The second-order valence-corrected chi connectivity index (χ2v) is 9.03. The third kappa shape index (κ3) is 4.44. The van der Waals surface area contributed by atoms with E-state index in [-0.39, 0.29) is 5.91 Å². The Hall–Kier alpha value is -4.40. The fraction of sp³-hybridized carbons (Fsp3) is 0.310. The van der Waals surface area contributed by atoms with Gasteiger partial charge in [0.25, 0.3) is 5.91 Å². The number of carbonyl (C=O) groups excluding carboxylic acids is 1. The first-order valence-corrected chi connectivity index (χ1v) is 12.5. The van der Waals surface area contributed by atoms with Crippen molar-refractivity contribution in [2.75, 3.05) is 59.5 Å². The number of amides is 1. The monoisotopic (exact) mass is 516 g/mol. The van der Waals surface area contributed by atoms with Crippen molar-refractivity contribution in [3.8, 4) is 28.7 Å². The lowest BCUT2D eigenvalue weighted by atomic mass is 10.1. The van der Waals surface area contributed by atoms with Crippen molar-refractivity contribution in [1.29, 1.82) is 0 Å². The largest absolute Gasteiger partial charge is 0.495 e. The molecule has 38 heavy (non-hydrogen) atoms. The third-order valence-corrected chi connectivity index (χ3v) is 6.97. The molecule has 1 aliphatic heterocycles. The first-order valence-electron chi connectivity index (χ1n) is 12.5. The number of methoxy groups -OCH3 is 4. The molecule has 4 aromatic rings. The molecule has 3 aromatic carbocycles. The number of ether oxygens (including phenoxy) is 4. The summed E-state index contributed by atoms with van der Waals surface area (Å²) in [5, 5.41) is 0. The number of rotatable bonds is 7. The van der Waals surface area contributed by atoms with Gasteiger partial charge in [-0.25, -0.2) is 4.98 Å². The highest BCUT2D eigenvalue weighted by Crippen LogP contribution is 2.40. The number of anilines is 1. The molecular weight excluding hydrogens is 484 g/mol. The highest BCUT2D eigenvalue weighted by atomic mass is 16.5. The van der Waals surface area contributed by atoms with E-state index in [9.17, 15) is 4.79 Å². The summed E-state index contributed by atoms with van der Waals surface area (Å²) < 4.78 is 24.1. The number of imidazole rings is 1. The van der Waals surface area contributed by atoms with E-state index in [4.69, 9.17) is 23.9 Å². The molecule has 0 radical (unpaired) electrons. The summed E-state index contributed by atoms with van der Waals surface area (Å²) in [6, 6.07) is 17.4. The summed E-state index contributed by atoms with van der Waals surface area (Å²) in [7, 11) is 6.44. The Bertz CT molecular complexity index is 1450. The number of piperazine rings is 1. The number of benzene rings is 3. The van der Waals surface area contributed by atoms with Crippen LogP contribution in [0.3, 0.4) is 0 Å². The van der Waals surface area contributed by atoms with Crippen LogP contribution in [0.4, 0.5) is 5.69 Å². The lowest BCUT2D eigenvalue weighted by Crippen LogP contribution is -2.48. The average Bonchev–Trinajstić information content (AvgIpc) is 3.30. The summed E-state index contributed by atoms with van der Waals surface area (Å²) >= 11 is 0. The second-order valence-electron chi connectivity index (χ2n) is 9.03. The molecule has 0 aliphatic carbocycles. The van der Waals surface area contributed by atoms with Gasteiger partial charge in [0.05, 0.1) is 50.8 Å². The zero-order chi connectivity index (χ0) is 26.8. The third-order valence-electron chi connectivity index (χ3n) is 6.97. The summed E-state index contributed by atoms with van der Waals surface area (Å²) in [4.78, 5) is 22.3. The molecule has 9 heteroatoms. The van der Waals surface area contributed by atoms with E-state index < -0.39 is 0 Å². The van der Waals surface area contributed by atoms with E-state index in [1.165, 1.54) is 0 Å². The molecule has 0 saturated carbocycles. The topological polar surface area (TPSA) is 78.3 Å². The molecule has 0 spiro atoms. The number of hydrogen-bond donors (Lipinski definition) is 0. The Balaban J connectivity index is 1.39. The van der Waals surface area contributed by atoms with E-state index >= 15 is 0 Å². The van der Waals surface area contributed by atoms with Crippen molar-refractivity contribution in [2.45, 2.75) is 6.92 Å². The van der Waals surface area contributed by atoms with Crippen molar-refractivity contribution in [3.05, 3.63) is 66.0 Å². The predicted molar refractivity (Wildman–Crippen MR) is 147 cm³/mol. The molecule has 1 fully saturated rings. The predicted octanol–water partition coefficient (Wildman–Crippen LogP) is 4.33. The van der Waals surface area contributed by atoms with Crippen LogP contribution < -0.4 is 23.8 Å². The van der Waals surface area contributed by atoms with Crippen molar-refractivity contribution < 1.29 is 23.7 Å². The molecule has 1 aliphatic rings. The summed E-state index contributed by atoms with van der Waals surface area (Å²) in [6.07, 6.45) is 0. The van der Waals surface area contributed by atoms with Crippen molar-refractivity contribution in [1.82, 2.24) is 14.5 Å². The minimum absolute atomic E-state index is 0.00608. The zero-order valence-corrected chi connectivity index (χ0v) is 22.4. The number of aryl methyl sites for hydroxylation is 1. The Kier molecular flexibility index (Phi) is 7.00. The van der Waals surface area contributed by atoms with E-state index in [0.29, 0.717) is 35.9 Å². The number of carbonyl (C=O) groups is 1. The lowest BCUT2D eigenvalue weighted by molar-refractivity contribution is 0.0747. The molecule has 1 amide bonds. The van der Waals surface area contributed by atoms with Gasteiger partial charge in [0.2, 0.25) is 5.75 Å². The summed E-state index contributed by atoms with van der Waals surface area (Å²) in [5.41, 5.74) is 4.13. The Labute approximate surface area is 222 Å². The van der Waals surface area contributed by atoms with Crippen LogP contribution in [-0.4, -0.2) is 75.0 Å². The van der Waals surface area contributed by atoms with Crippen molar-refractivity contribution in [3.63, 3.8) is 0 Å². The van der Waals surface area contributed by atoms with Crippen LogP contribution in [0.25, 0.3) is 16.7 Å². The van der Waals surface area contributed by atoms with E-state index in [0.717, 1.165) is 47.1 Å². The smallest absolute Gasteiger partial charge is 0.254 e. The fourth-order valence-electron chi connectivity index (χ4n) is 5.08. The van der Waals surface area contributed by atoms with Crippen LogP contribution in [0.2, 0.25) is 0 Å². The average molecular weight is 517 g/mol. The number of hydrogen-bond acceptors (Lipinski definition) is 7. The molecule has 5 rings (SSSR count). The summed E-state index contributed by atoms with van der Waals surface area (Å²) in [6.45, 7) is 4.68. The van der Waals surface area contributed by atoms with Crippen LogP contribution in [0.5, 0.6) is 23.0 Å². The first kappa shape index (κ1) is 25.3. The zero-order valence-electron chi connectivity index (χ0n) is 22.4. The van der Waals surface area contributed by atoms with Gasteiger partial charge < -0.3 is 28.7 Å². The van der Waals surface area contributed by atoms with Gasteiger partial charge in [-0.2, -0.15) is 0 Å². The van der Waals surface area contributed by atoms with Crippen LogP contribution in [0, 0.1) is 6.92 Å². The fourth-order valence-corrected chi connectivity index (χ4v) is 5.08. The highest BCUT2D eigenvalue weighted by Gasteiger charge is 2.25.